The van der Waals surface area contributed by atoms with Crippen molar-refractivity contribution in [2.24, 2.45) is 0 Å². The van der Waals surface area contributed by atoms with Crippen molar-refractivity contribution < 1.29 is 9.84 Å². The van der Waals surface area contributed by atoms with E-state index in [1.54, 1.807) is 6.07 Å². The van der Waals surface area contributed by atoms with Crippen molar-refractivity contribution in [3.05, 3.63) is 53.6 Å². The van der Waals surface area contributed by atoms with Gasteiger partial charge in [0, 0.05) is 5.56 Å². The van der Waals surface area contributed by atoms with E-state index in [9.17, 15) is 5.11 Å². The SMILES string of the molecule is CN(C)CCCC1(C2=CCCC=C2)C=Cc2cccc(O)c2O1. The van der Waals surface area contributed by atoms with Crippen LogP contribution in [0.1, 0.15) is 31.2 Å². The van der Waals surface area contributed by atoms with Gasteiger partial charge in [-0.1, -0.05) is 36.4 Å². The lowest BCUT2D eigenvalue weighted by atomic mass is 9.83. The second-order valence-corrected chi connectivity index (χ2v) is 6.57. The van der Waals surface area contributed by atoms with Crippen LogP contribution in [0, 0.1) is 0 Å². The zero-order valence-corrected chi connectivity index (χ0v) is 14.0. The molecule has 0 fully saturated rings. The number of allylic oxidation sites excluding steroid dienone is 2. The van der Waals surface area contributed by atoms with E-state index in [2.05, 4.69) is 49.4 Å². The van der Waals surface area contributed by atoms with E-state index < -0.39 is 5.60 Å². The second kappa shape index (κ2) is 6.63. The van der Waals surface area contributed by atoms with E-state index in [1.165, 1.54) is 5.57 Å². The van der Waals surface area contributed by atoms with Gasteiger partial charge >= 0.3 is 0 Å². The Morgan fingerprint density at radius 1 is 1.22 bits per heavy atom. The Labute approximate surface area is 138 Å². The van der Waals surface area contributed by atoms with E-state index in [-0.39, 0.29) is 5.75 Å². The maximum atomic E-state index is 10.2. The molecule has 1 heterocycles. The third kappa shape index (κ3) is 3.35. The first-order valence-electron chi connectivity index (χ1n) is 8.33. The molecular formula is C20H25NO2. The van der Waals surface area contributed by atoms with Crippen LogP contribution < -0.4 is 4.74 Å². The molecule has 0 amide bonds. The number of phenols is 1. The van der Waals surface area contributed by atoms with Crippen LogP contribution in [0.3, 0.4) is 0 Å². The molecule has 1 aliphatic carbocycles. The molecule has 0 spiro atoms. The van der Waals surface area contributed by atoms with E-state index in [4.69, 9.17) is 4.74 Å². The number of hydrogen-bond donors (Lipinski definition) is 1. The number of ether oxygens (including phenoxy) is 1. The number of fused-ring (bicyclic) bond motifs is 1. The molecule has 2 aliphatic rings. The first-order chi connectivity index (χ1) is 11.1. The summed E-state index contributed by atoms with van der Waals surface area (Å²) in [6.07, 6.45) is 15.0. The normalized spacial score (nSPS) is 22.7. The summed E-state index contributed by atoms with van der Waals surface area (Å²) in [5.41, 5.74) is 1.67. The first kappa shape index (κ1) is 15.9. The predicted octanol–water partition coefficient (Wildman–Crippen LogP) is 4.15. The number of para-hydroxylation sites is 1. The quantitative estimate of drug-likeness (QED) is 0.886. The van der Waals surface area contributed by atoms with Crippen molar-refractivity contribution in [1.29, 1.82) is 0 Å². The van der Waals surface area contributed by atoms with Gasteiger partial charge < -0.3 is 14.7 Å². The zero-order valence-electron chi connectivity index (χ0n) is 14.0. The van der Waals surface area contributed by atoms with E-state index in [0.717, 1.165) is 37.8 Å². The Bertz CT molecular complexity index is 658. The number of benzene rings is 1. The average Bonchev–Trinajstić information content (AvgIpc) is 2.56. The Balaban J connectivity index is 1.92. The molecule has 0 saturated heterocycles. The Kier molecular flexibility index (Phi) is 4.58. The molecule has 23 heavy (non-hydrogen) atoms. The third-order valence-electron chi connectivity index (χ3n) is 4.48. The van der Waals surface area contributed by atoms with Gasteiger partial charge in [-0.2, -0.15) is 0 Å². The van der Waals surface area contributed by atoms with Crippen molar-refractivity contribution in [3.8, 4) is 11.5 Å². The number of nitrogens with zero attached hydrogens (tertiary/aromatic N) is 1. The van der Waals surface area contributed by atoms with Crippen LogP contribution >= 0.6 is 0 Å². The molecule has 1 atom stereocenters. The number of phenolic OH excluding ortho intramolecular Hbond substituents is 1. The fourth-order valence-corrected chi connectivity index (χ4v) is 3.24. The highest BCUT2D eigenvalue weighted by Gasteiger charge is 2.36. The van der Waals surface area contributed by atoms with Crippen molar-refractivity contribution in [2.75, 3.05) is 20.6 Å². The summed E-state index contributed by atoms with van der Waals surface area (Å²) in [4.78, 5) is 2.19. The topological polar surface area (TPSA) is 32.7 Å². The van der Waals surface area contributed by atoms with E-state index in [0.29, 0.717) is 5.75 Å². The van der Waals surface area contributed by atoms with Gasteiger partial charge in [-0.05, 0) is 64.0 Å². The Morgan fingerprint density at radius 3 is 2.83 bits per heavy atom. The molecule has 1 N–H and O–H groups in total. The van der Waals surface area contributed by atoms with Crippen LogP contribution in [0.2, 0.25) is 0 Å². The van der Waals surface area contributed by atoms with Gasteiger partial charge in [0.25, 0.3) is 0 Å². The molecule has 0 bridgehead atoms. The summed E-state index contributed by atoms with van der Waals surface area (Å²) in [5, 5.41) is 10.2. The highest BCUT2D eigenvalue weighted by Crippen LogP contribution is 2.43. The molecule has 3 heteroatoms. The zero-order chi connectivity index (χ0) is 16.3. The summed E-state index contributed by atoms with van der Waals surface area (Å²) < 4.78 is 6.40. The van der Waals surface area contributed by atoms with Crippen LogP contribution in [0.4, 0.5) is 0 Å². The van der Waals surface area contributed by atoms with Gasteiger partial charge in [-0.25, -0.2) is 0 Å². The monoisotopic (exact) mass is 311 g/mol. The molecule has 0 radical (unpaired) electrons. The lowest BCUT2D eigenvalue weighted by Crippen LogP contribution is -2.38. The third-order valence-corrected chi connectivity index (χ3v) is 4.48. The second-order valence-electron chi connectivity index (χ2n) is 6.57. The van der Waals surface area contributed by atoms with E-state index >= 15 is 0 Å². The van der Waals surface area contributed by atoms with Crippen LogP contribution in [-0.2, 0) is 0 Å². The molecule has 0 saturated carbocycles. The molecule has 1 aliphatic heterocycles. The van der Waals surface area contributed by atoms with Crippen molar-refractivity contribution >= 4 is 6.08 Å². The average molecular weight is 311 g/mol. The van der Waals surface area contributed by atoms with Gasteiger partial charge in [0.1, 0.15) is 0 Å². The van der Waals surface area contributed by atoms with Crippen molar-refractivity contribution in [1.82, 2.24) is 4.90 Å². The van der Waals surface area contributed by atoms with Crippen LogP contribution in [0.5, 0.6) is 11.5 Å². The molecule has 3 nitrogen and oxygen atoms in total. The minimum Gasteiger partial charge on any atom is -0.504 e. The van der Waals surface area contributed by atoms with Crippen LogP contribution in [-0.4, -0.2) is 36.2 Å². The minimum absolute atomic E-state index is 0.212. The lowest BCUT2D eigenvalue weighted by Gasteiger charge is -2.37. The summed E-state index contributed by atoms with van der Waals surface area (Å²) in [7, 11) is 4.18. The first-order valence-corrected chi connectivity index (χ1v) is 8.33. The molecule has 1 aromatic rings. The van der Waals surface area contributed by atoms with Gasteiger partial charge in [0.15, 0.2) is 17.1 Å². The minimum atomic E-state index is -0.473. The maximum absolute atomic E-state index is 10.2. The highest BCUT2D eigenvalue weighted by molar-refractivity contribution is 5.67. The van der Waals surface area contributed by atoms with Gasteiger partial charge in [0.05, 0.1) is 0 Å². The van der Waals surface area contributed by atoms with Crippen molar-refractivity contribution in [2.45, 2.75) is 31.3 Å². The highest BCUT2D eigenvalue weighted by atomic mass is 16.5. The molecular weight excluding hydrogens is 286 g/mol. The summed E-state index contributed by atoms with van der Waals surface area (Å²) in [5.74, 6) is 0.809. The number of aromatic hydroxyl groups is 1. The van der Waals surface area contributed by atoms with Gasteiger partial charge in [0.2, 0.25) is 0 Å². The van der Waals surface area contributed by atoms with Gasteiger partial charge in [-0.3, -0.25) is 0 Å². The Morgan fingerprint density at radius 2 is 2.09 bits per heavy atom. The standard InChI is InChI=1S/C20H25NO2/c1-21(2)15-7-13-20(17-9-4-3-5-10-17)14-12-16-8-6-11-18(22)19(16)23-20/h4,6,8-12,14,22H,3,5,7,13,15H2,1-2H3. The fourth-order valence-electron chi connectivity index (χ4n) is 3.24. The van der Waals surface area contributed by atoms with E-state index in [1.807, 2.05) is 12.1 Å². The lowest BCUT2D eigenvalue weighted by molar-refractivity contribution is 0.136. The van der Waals surface area contributed by atoms with Crippen LogP contribution in [0.15, 0.2) is 48.1 Å². The van der Waals surface area contributed by atoms with Crippen molar-refractivity contribution in [3.63, 3.8) is 0 Å². The van der Waals surface area contributed by atoms with Gasteiger partial charge in [-0.15, -0.1) is 0 Å². The molecule has 122 valence electrons. The molecule has 1 aromatic carbocycles. The Hall–Kier alpha value is -2.00. The largest absolute Gasteiger partial charge is 0.504 e. The summed E-state index contributed by atoms with van der Waals surface area (Å²) >= 11 is 0. The molecule has 3 rings (SSSR count). The fraction of sp³-hybridized carbons (Fsp3) is 0.400. The summed E-state index contributed by atoms with van der Waals surface area (Å²) in [6, 6.07) is 5.51. The molecule has 1 unspecified atom stereocenters. The molecule has 0 aromatic heterocycles. The number of hydrogen-bond acceptors (Lipinski definition) is 3. The predicted molar refractivity (Wildman–Crippen MR) is 94.7 cm³/mol. The summed E-state index contributed by atoms with van der Waals surface area (Å²) in [6.45, 7) is 1.02. The van der Waals surface area contributed by atoms with Crippen LogP contribution in [0.25, 0.3) is 6.08 Å². The smallest absolute Gasteiger partial charge is 0.169 e. The number of rotatable bonds is 5. The maximum Gasteiger partial charge on any atom is 0.169 e.